The highest BCUT2D eigenvalue weighted by molar-refractivity contribution is 7.87. The Bertz CT molecular complexity index is 1130. The van der Waals surface area contributed by atoms with Crippen LogP contribution in [0, 0.1) is 17.0 Å². The zero-order valence-electron chi connectivity index (χ0n) is 19.5. The lowest BCUT2D eigenvalue weighted by Gasteiger charge is -2.20. The summed E-state index contributed by atoms with van der Waals surface area (Å²) in [6, 6.07) is 2.74. The molecule has 0 spiro atoms. The molecule has 182 valence electrons. The predicted octanol–water partition coefficient (Wildman–Crippen LogP) is 2.73. The van der Waals surface area contributed by atoms with Crippen molar-refractivity contribution in [3.8, 4) is 0 Å². The molecule has 0 atom stereocenters. The van der Waals surface area contributed by atoms with Crippen LogP contribution in [0.4, 0.5) is 8.78 Å². The summed E-state index contributed by atoms with van der Waals surface area (Å²) in [7, 11) is -1.01. The van der Waals surface area contributed by atoms with Crippen LogP contribution in [0.1, 0.15) is 55.5 Å². The highest BCUT2D eigenvalue weighted by Crippen LogP contribution is 2.26. The lowest BCUT2D eigenvalue weighted by molar-refractivity contribution is -0.120. The Morgan fingerprint density at radius 1 is 1.18 bits per heavy atom. The maximum Gasteiger partial charge on any atom is 0.308 e. The number of amides is 1. The monoisotopic (exact) mass is 484 g/mol. The quantitative estimate of drug-likeness (QED) is 0.494. The van der Waals surface area contributed by atoms with E-state index in [0.717, 1.165) is 32.9 Å². The summed E-state index contributed by atoms with van der Waals surface area (Å²) in [5.74, 6) is -3.09. The lowest BCUT2D eigenvalue weighted by Crippen LogP contribution is -2.31. The number of carbonyl (C=O) groups excluding carboxylic acids is 2. The fourth-order valence-electron chi connectivity index (χ4n) is 2.96. The molecular formula is C22H30F2N4O4S. The Hall–Kier alpha value is -2.66. The summed E-state index contributed by atoms with van der Waals surface area (Å²) in [6.45, 7) is 5.76. The van der Waals surface area contributed by atoms with Crippen LogP contribution in [0.25, 0.3) is 0 Å². The number of imidazole rings is 1. The molecule has 1 aromatic carbocycles. The van der Waals surface area contributed by atoms with Crippen LogP contribution >= 0.6 is 0 Å². The molecule has 0 saturated carbocycles. The van der Waals surface area contributed by atoms with Gasteiger partial charge in [-0.3, -0.25) is 9.59 Å². The van der Waals surface area contributed by atoms with Gasteiger partial charge in [0.2, 0.25) is 5.91 Å². The van der Waals surface area contributed by atoms with Crippen LogP contribution in [-0.4, -0.2) is 54.0 Å². The fourth-order valence-corrected chi connectivity index (χ4v) is 3.97. The first kappa shape index (κ1) is 26.6. The molecule has 1 N–H and O–H groups in total. The Balaban J connectivity index is 2.09. The highest BCUT2D eigenvalue weighted by atomic mass is 32.2. The van der Waals surface area contributed by atoms with E-state index in [0.29, 0.717) is 12.1 Å². The second kappa shape index (κ2) is 10.5. The van der Waals surface area contributed by atoms with Crippen LogP contribution in [0.3, 0.4) is 0 Å². The number of carbonyl (C=O) groups is 2. The highest BCUT2D eigenvalue weighted by Gasteiger charge is 2.25. The minimum Gasteiger partial charge on any atom is -0.349 e. The molecule has 0 radical (unpaired) electrons. The third-order valence-electron chi connectivity index (χ3n) is 5.38. The summed E-state index contributed by atoms with van der Waals surface area (Å²) in [5, 5.41) is 2.42. The number of aryl methyl sites for hydroxylation is 1. The number of nitrogens with one attached hydrogen (secondary N) is 1. The SMILES string of the molecule is CCC(C)(C)Cc1cn(S(=O)(=O)N(C)C)c(CCC(=O)NCC(=O)c2ccc(F)c(F)c2)n1. The molecule has 0 unspecified atom stereocenters. The van der Waals surface area contributed by atoms with E-state index in [-0.39, 0.29) is 29.6 Å². The van der Waals surface area contributed by atoms with Crippen molar-refractivity contribution in [3.05, 3.63) is 53.1 Å². The maximum atomic E-state index is 13.3. The first-order valence-corrected chi connectivity index (χ1v) is 11.9. The first-order chi connectivity index (χ1) is 15.3. The van der Waals surface area contributed by atoms with Crippen molar-refractivity contribution in [1.82, 2.24) is 18.6 Å². The fraction of sp³-hybridized carbons (Fsp3) is 0.500. The van der Waals surface area contributed by atoms with Gasteiger partial charge >= 0.3 is 10.2 Å². The molecule has 1 amide bonds. The molecule has 2 aromatic rings. The summed E-state index contributed by atoms with van der Waals surface area (Å²) in [6.07, 6.45) is 2.85. The number of halogens is 2. The second-order valence-electron chi connectivity index (χ2n) is 8.76. The minimum atomic E-state index is -3.83. The Morgan fingerprint density at radius 2 is 1.85 bits per heavy atom. The number of aromatic nitrogens is 2. The van der Waals surface area contributed by atoms with E-state index in [2.05, 4.69) is 24.1 Å². The number of ketones is 1. The van der Waals surface area contributed by atoms with Crippen molar-refractivity contribution in [3.63, 3.8) is 0 Å². The van der Waals surface area contributed by atoms with Gasteiger partial charge in [-0.2, -0.15) is 12.7 Å². The average molecular weight is 485 g/mol. The summed E-state index contributed by atoms with van der Waals surface area (Å²) >= 11 is 0. The number of hydrogen-bond donors (Lipinski definition) is 1. The largest absolute Gasteiger partial charge is 0.349 e. The molecule has 33 heavy (non-hydrogen) atoms. The molecule has 11 heteroatoms. The molecule has 0 fully saturated rings. The molecule has 1 aromatic heterocycles. The summed E-state index contributed by atoms with van der Waals surface area (Å²) in [4.78, 5) is 28.8. The van der Waals surface area contributed by atoms with E-state index in [1.165, 1.54) is 20.3 Å². The topological polar surface area (TPSA) is 101 Å². The number of benzene rings is 1. The number of nitrogens with zero attached hydrogens (tertiary/aromatic N) is 3. The van der Waals surface area contributed by atoms with Gasteiger partial charge in [-0.25, -0.2) is 17.7 Å². The maximum absolute atomic E-state index is 13.3. The standard InChI is InChI=1S/C22H30F2N4O4S/c1-6-22(2,3)12-16-14-28(33(31,32)27(4)5)20(26-16)9-10-21(30)25-13-19(29)15-7-8-17(23)18(24)11-15/h7-8,11,14H,6,9-10,12-13H2,1-5H3,(H,25,30). The molecule has 1 heterocycles. The summed E-state index contributed by atoms with van der Waals surface area (Å²) < 4.78 is 53.9. The van der Waals surface area contributed by atoms with Gasteiger partial charge in [0, 0.05) is 38.7 Å². The normalized spacial score (nSPS) is 12.2. The van der Waals surface area contributed by atoms with Gasteiger partial charge in [0.05, 0.1) is 12.2 Å². The van der Waals surface area contributed by atoms with Gasteiger partial charge in [0.15, 0.2) is 17.4 Å². The van der Waals surface area contributed by atoms with Crippen molar-refractivity contribution >= 4 is 21.9 Å². The zero-order chi connectivity index (χ0) is 25.0. The van der Waals surface area contributed by atoms with Gasteiger partial charge in [0.25, 0.3) is 0 Å². The van der Waals surface area contributed by atoms with Crippen molar-refractivity contribution in [1.29, 1.82) is 0 Å². The predicted molar refractivity (Wildman–Crippen MR) is 120 cm³/mol. The molecular weight excluding hydrogens is 454 g/mol. The van der Waals surface area contributed by atoms with Crippen LogP contribution in [0.5, 0.6) is 0 Å². The zero-order valence-corrected chi connectivity index (χ0v) is 20.3. The van der Waals surface area contributed by atoms with Crippen LogP contribution in [-0.2, 0) is 27.8 Å². The van der Waals surface area contributed by atoms with Crippen LogP contribution < -0.4 is 5.32 Å². The smallest absolute Gasteiger partial charge is 0.308 e. The van der Waals surface area contributed by atoms with Gasteiger partial charge in [-0.1, -0.05) is 27.2 Å². The van der Waals surface area contributed by atoms with E-state index >= 15 is 0 Å². The van der Waals surface area contributed by atoms with Crippen LogP contribution in [0.2, 0.25) is 0 Å². The number of Topliss-reactive ketones (excluding diaryl/α,β-unsaturated/α-hetero) is 1. The molecule has 0 aliphatic carbocycles. The summed E-state index contributed by atoms with van der Waals surface area (Å²) in [5.41, 5.74) is 0.469. The number of hydrogen-bond acceptors (Lipinski definition) is 5. The van der Waals surface area contributed by atoms with E-state index in [1.54, 1.807) is 0 Å². The third kappa shape index (κ3) is 6.91. The lowest BCUT2D eigenvalue weighted by atomic mass is 9.85. The molecule has 0 aliphatic heterocycles. The average Bonchev–Trinajstić information content (AvgIpc) is 3.14. The van der Waals surface area contributed by atoms with E-state index < -0.39 is 40.1 Å². The van der Waals surface area contributed by atoms with Crippen molar-refractivity contribution in [2.75, 3.05) is 20.6 Å². The van der Waals surface area contributed by atoms with Gasteiger partial charge in [0.1, 0.15) is 5.82 Å². The third-order valence-corrected chi connectivity index (χ3v) is 7.12. The van der Waals surface area contributed by atoms with E-state index in [9.17, 15) is 26.8 Å². The van der Waals surface area contributed by atoms with Crippen molar-refractivity contribution in [2.24, 2.45) is 5.41 Å². The Morgan fingerprint density at radius 3 is 2.42 bits per heavy atom. The Labute approximate surface area is 193 Å². The van der Waals surface area contributed by atoms with E-state index in [1.807, 2.05) is 6.92 Å². The Kier molecular flexibility index (Phi) is 8.47. The molecule has 8 nitrogen and oxygen atoms in total. The first-order valence-electron chi connectivity index (χ1n) is 10.5. The van der Waals surface area contributed by atoms with E-state index in [4.69, 9.17) is 0 Å². The minimum absolute atomic E-state index is 0.0326. The molecule has 2 rings (SSSR count). The molecule has 0 aliphatic rings. The molecule has 0 bridgehead atoms. The van der Waals surface area contributed by atoms with Crippen molar-refractivity contribution < 1.29 is 26.8 Å². The van der Waals surface area contributed by atoms with Gasteiger partial charge in [-0.15, -0.1) is 0 Å². The van der Waals surface area contributed by atoms with Gasteiger partial charge in [-0.05, 0) is 30.0 Å². The number of rotatable bonds is 11. The molecule has 0 saturated heterocycles. The van der Waals surface area contributed by atoms with Crippen LogP contribution in [0.15, 0.2) is 24.4 Å². The second-order valence-corrected chi connectivity index (χ2v) is 10.8. The van der Waals surface area contributed by atoms with Crippen molar-refractivity contribution in [2.45, 2.75) is 46.5 Å². The van der Waals surface area contributed by atoms with Gasteiger partial charge < -0.3 is 5.32 Å².